The molecule has 90 valence electrons. The normalized spacial score (nSPS) is 11.2. The molecule has 0 unspecified atom stereocenters. The molecule has 4 rings (SSSR count). The van der Waals surface area contributed by atoms with Gasteiger partial charge >= 0.3 is 0 Å². The maximum atomic E-state index is 4.36. The predicted octanol–water partition coefficient (Wildman–Crippen LogP) is 5.12. The van der Waals surface area contributed by atoms with Gasteiger partial charge in [0.25, 0.3) is 0 Å². The minimum atomic E-state index is 1.19. The average Bonchev–Trinajstić information content (AvgIpc) is 2.94. The smallest absolute Gasteiger partial charge is 0.0352 e. The highest BCUT2D eigenvalue weighted by atomic mass is 32.1. The molecule has 0 saturated carbocycles. The Labute approximate surface area is 115 Å². The van der Waals surface area contributed by atoms with E-state index >= 15 is 0 Å². The van der Waals surface area contributed by atoms with Crippen molar-refractivity contribution in [2.45, 2.75) is 0 Å². The fourth-order valence-electron chi connectivity index (χ4n) is 2.48. The van der Waals surface area contributed by atoms with Gasteiger partial charge in [0.2, 0.25) is 0 Å². The highest BCUT2D eigenvalue weighted by molar-refractivity contribution is 7.17. The van der Waals surface area contributed by atoms with Crippen molar-refractivity contribution in [1.82, 2.24) is 4.98 Å². The van der Waals surface area contributed by atoms with Crippen LogP contribution in [-0.2, 0) is 0 Å². The Morgan fingerprint density at radius 2 is 1.79 bits per heavy atom. The molecule has 0 aliphatic rings. The number of benzene rings is 2. The van der Waals surface area contributed by atoms with Crippen molar-refractivity contribution in [3.8, 4) is 11.1 Å². The maximum absolute atomic E-state index is 4.36. The summed E-state index contributed by atoms with van der Waals surface area (Å²) >= 11 is 1.78. The first-order chi connectivity index (χ1) is 9.42. The van der Waals surface area contributed by atoms with Crippen LogP contribution in [0.5, 0.6) is 0 Å². The minimum absolute atomic E-state index is 1.19. The third-order valence-corrected chi connectivity index (χ3v) is 4.33. The molecule has 2 aromatic carbocycles. The Bertz CT molecular complexity index is 871. The van der Waals surface area contributed by atoms with E-state index in [9.17, 15) is 0 Å². The van der Waals surface area contributed by atoms with Crippen LogP contribution in [0.4, 0.5) is 0 Å². The number of aromatic nitrogens is 1. The lowest BCUT2D eigenvalue weighted by atomic mass is 10.0. The third-order valence-electron chi connectivity index (χ3n) is 3.43. The zero-order valence-electron chi connectivity index (χ0n) is 10.2. The fraction of sp³-hybridized carbons (Fsp3) is 0. The van der Waals surface area contributed by atoms with Crippen molar-refractivity contribution >= 4 is 32.2 Å². The molecule has 0 bridgehead atoms. The molecule has 2 heteroatoms. The van der Waals surface area contributed by atoms with Gasteiger partial charge in [0.05, 0.1) is 0 Å². The van der Waals surface area contributed by atoms with Gasteiger partial charge in [-0.05, 0) is 39.9 Å². The van der Waals surface area contributed by atoms with Gasteiger partial charge in [0, 0.05) is 28.0 Å². The molecule has 0 aliphatic heterocycles. The van der Waals surface area contributed by atoms with Crippen LogP contribution in [0.1, 0.15) is 0 Å². The molecule has 0 atom stereocenters. The van der Waals surface area contributed by atoms with Crippen molar-refractivity contribution in [2.75, 3.05) is 0 Å². The van der Waals surface area contributed by atoms with Crippen LogP contribution < -0.4 is 0 Å². The summed E-state index contributed by atoms with van der Waals surface area (Å²) in [5.41, 5.74) is 2.43. The van der Waals surface area contributed by atoms with E-state index in [4.69, 9.17) is 0 Å². The largest absolute Gasteiger partial charge is 0.263 e. The second-order valence-electron chi connectivity index (χ2n) is 4.58. The number of fused-ring (bicyclic) bond motifs is 2. The number of pyridine rings is 1. The number of hydrogen-bond donors (Lipinski definition) is 0. The molecule has 2 aromatic heterocycles. The summed E-state index contributed by atoms with van der Waals surface area (Å²) in [6.45, 7) is 0. The van der Waals surface area contributed by atoms with Gasteiger partial charge in [-0.2, -0.15) is 0 Å². The molecule has 1 nitrogen and oxygen atoms in total. The number of rotatable bonds is 1. The van der Waals surface area contributed by atoms with E-state index in [1.807, 2.05) is 12.4 Å². The number of thiophene rings is 1. The van der Waals surface area contributed by atoms with E-state index < -0.39 is 0 Å². The zero-order chi connectivity index (χ0) is 12.7. The van der Waals surface area contributed by atoms with Crippen molar-refractivity contribution in [1.29, 1.82) is 0 Å². The molecule has 2 heterocycles. The number of nitrogens with zero attached hydrogens (tertiary/aromatic N) is 1. The molecular weight excluding hydrogens is 250 g/mol. The fourth-order valence-corrected chi connectivity index (χ4v) is 3.25. The molecule has 0 N–H and O–H groups in total. The van der Waals surface area contributed by atoms with E-state index in [0.717, 1.165) is 0 Å². The molecule has 0 fully saturated rings. The summed E-state index contributed by atoms with van der Waals surface area (Å²) in [5.74, 6) is 0. The minimum Gasteiger partial charge on any atom is -0.263 e. The molecule has 0 amide bonds. The van der Waals surface area contributed by atoms with Crippen molar-refractivity contribution < 1.29 is 0 Å². The first-order valence-electron chi connectivity index (χ1n) is 6.22. The Morgan fingerprint density at radius 1 is 0.842 bits per heavy atom. The molecule has 0 spiro atoms. The van der Waals surface area contributed by atoms with E-state index in [-0.39, 0.29) is 0 Å². The predicted molar refractivity (Wildman–Crippen MR) is 82.6 cm³/mol. The zero-order valence-corrected chi connectivity index (χ0v) is 11.0. The van der Waals surface area contributed by atoms with Crippen LogP contribution >= 0.6 is 11.3 Å². The molecular formula is C17H11NS. The van der Waals surface area contributed by atoms with Gasteiger partial charge in [-0.25, -0.2) is 0 Å². The summed E-state index contributed by atoms with van der Waals surface area (Å²) in [6, 6.07) is 17.2. The van der Waals surface area contributed by atoms with Crippen LogP contribution in [0.15, 0.2) is 66.3 Å². The second kappa shape index (κ2) is 4.18. The average molecular weight is 261 g/mol. The van der Waals surface area contributed by atoms with E-state index in [2.05, 4.69) is 58.9 Å². The maximum Gasteiger partial charge on any atom is 0.0352 e. The van der Waals surface area contributed by atoms with Gasteiger partial charge < -0.3 is 0 Å². The Morgan fingerprint density at radius 3 is 2.79 bits per heavy atom. The van der Waals surface area contributed by atoms with Crippen molar-refractivity contribution in [2.24, 2.45) is 0 Å². The molecule has 4 aromatic rings. The lowest BCUT2D eigenvalue weighted by molar-refractivity contribution is 1.36. The van der Waals surface area contributed by atoms with Gasteiger partial charge in [0.1, 0.15) is 0 Å². The van der Waals surface area contributed by atoms with Gasteiger partial charge in [0.15, 0.2) is 0 Å². The highest BCUT2D eigenvalue weighted by Crippen LogP contribution is 2.31. The van der Waals surface area contributed by atoms with Crippen molar-refractivity contribution in [3.05, 3.63) is 66.3 Å². The second-order valence-corrected chi connectivity index (χ2v) is 5.53. The molecule has 0 saturated heterocycles. The summed E-state index contributed by atoms with van der Waals surface area (Å²) in [6.07, 6.45) is 3.87. The van der Waals surface area contributed by atoms with Crippen LogP contribution in [0.2, 0.25) is 0 Å². The van der Waals surface area contributed by atoms with Crippen LogP contribution in [0.25, 0.3) is 32.0 Å². The molecule has 19 heavy (non-hydrogen) atoms. The monoisotopic (exact) mass is 261 g/mol. The Balaban J connectivity index is 2.03. The van der Waals surface area contributed by atoms with Crippen molar-refractivity contribution in [3.63, 3.8) is 0 Å². The summed E-state index contributed by atoms with van der Waals surface area (Å²) in [5, 5.41) is 5.88. The number of hydrogen-bond acceptors (Lipinski definition) is 2. The highest BCUT2D eigenvalue weighted by Gasteiger charge is 2.05. The lowest BCUT2D eigenvalue weighted by Crippen LogP contribution is -1.83. The summed E-state index contributed by atoms with van der Waals surface area (Å²) in [4.78, 5) is 4.36. The molecule has 0 aliphatic carbocycles. The van der Waals surface area contributed by atoms with E-state index in [1.165, 1.54) is 32.0 Å². The van der Waals surface area contributed by atoms with Gasteiger partial charge in [-0.3, -0.25) is 4.98 Å². The first kappa shape index (κ1) is 10.7. The Hall–Kier alpha value is -2.19. The lowest BCUT2D eigenvalue weighted by Gasteiger charge is -2.06. The van der Waals surface area contributed by atoms with Crippen LogP contribution in [0.3, 0.4) is 0 Å². The quantitative estimate of drug-likeness (QED) is 0.463. The first-order valence-corrected chi connectivity index (χ1v) is 7.10. The van der Waals surface area contributed by atoms with Crippen LogP contribution in [0, 0.1) is 0 Å². The van der Waals surface area contributed by atoms with Gasteiger partial charge in [-0.1, -0.05) is 30.3 Å². The van der Waals surface area contributed by atoms with Crippen LogP contribution in [-0.4, -0.2) is 4.98 Å². The topological polar surface area (TPSA) is 12.9 Å². The molecule has 0 radical (unpaired) electrons. The summed E-state index contributed by atoms with van der Waals surface area (Å²) < 4.78 is 1.33. The SMILES string of the molecule is c1ccc2c(-c3ccc4sccc4c3)cncc2c1. The van der Waals surface area contributed by atoms with Gasteiger partial charge in [-0.15, -0.1) is 11.3 Å². The Kier molecular flexibility index (Phi) is 2.35. The summed E-state index contributed by atoms with van der Waals surface area (Å²) in [7, 11) is 0. The third kappa shape index (κ3) is 1.72. The van der Waals surface area contributed by atoms with E-state index in [1.54, 1.807) is 11.3 Å². The standard InChI is InChI=1S/C17H11NS/c1-2-4-15-14(3-1)10-18-11-16(15)12-5-6-17-13(9-12)7-8-19-17/h1-11H. The van der Waals surface area contributed by atoms with E-state index in [0.29, 0.717) is 0 Å².